The maximum Gasteiger partial charge on any atom is 0.254 e. The average molecular weight is 349 g/mol. The molecule has 0 bridgehead atoms. The van der Waals surface area contributed by atoms with E-state index in [0.29, 0.717) is 13.0 Å². The summed E-state index contributed by atoms with van der Waals surface area (Å²) in [5.41, 5.74) is 1.96. The maximum atomic E-state index is 13.9. The molecular weight excluding hydrogens is 329 g/mol. The number of carbonyl (C=O) groups is 1. The number of hydrogen-bond acceptors (Lipinski definition) is 3. The lowest BCUT2D eigenvalue weighted by molar-refractivity contribution is 0.0950. The van der Waals surface area contributed by atoms with E-state index in [1.165, 1.54) is 13.0 Å². The van der Waals surface area contributed by atoms with Crippen LogP contribution in [0.1, 0.15) is 28.4 Å². The number of carbonyl (C=O) groups excluding carboxylic acids is 1. The summed E-state index contributed by atoms with van der Waals surface area (Å²) in [4.78, 5) is 12.1. The third-order valence-electron chi connectivity index (χ3n) is 3.86. The highest BCUT2D eigenvalue weighted by Gasteiger charge is 2.18. The maximum absolute atomic E-state index is 13.9. The van der Waals surface area contributed by atoms with Gasteiger partial charge in [-0.3, -0.25) is 4.79 Å². The highest BCUT2D eigenvalue weighted by Crippen LogP contribution is 2.16. The largest absolute Gasteiger partial charge is 0.352 e. The van der Waals surface area contributed by atoms with E-state index < -0.39 is 21.6 Å². The topological polar surface area (TPSA) is 63.2 Å². The Hall–Kier alpha value is -2.21. The zero-order valence-corrected chi connectivity index (χ0v) is 14.5. The molecule has 0 heterocycles. The Morgan fingerprint density at radius 1 is 1.17 bits per heavy atom. The number of nitrogens with one attached hydrogen (secondary N) is 1. The molecule has 0 spiro atoms. The van der Waals surface area contributed by atoms with Crippen molar-refractivity contribution in [3.05, 3.63) is 65.0 Å². The van der Waals surface area contributed by atoms with E-state index in [4.69, 9.17) is 0 Å². The van der Waals surface area contributed by atoms with E-state index in [-0.39, 0.29) is 16.2 Å². The minimum Gasteiger partial charge on any atom is -0.352 e. The van der Waals surface area contributed by atoms with Gasteiger partial charge in [0.05, 0.1) is 16.2 Å². The SMILES string of the molecule is CCS(=O)(=O)c1ccc(F)c(C(=O)NCCc2ccccc2C)c1. The van der Waals surface area contributed by atoms with Crippen LogP contribution in [0.25, 0.3) is 0 Å². The van der Waals surface area contributed by atoms with E-state index in [0.717, 1.165) is 23.3 Å². The zero-order valence-electron chi connectivity index (χ0n) is 13.7. The van der Waals surface area contributed by atoms with Gasteiger partial charge < -0.3 is 5.32 Å². The number of rotatable bonds is 6. The molecule has 0 radical (unpaired) electrons. The predicted molar refractivity (Wildman–Crippen MR) is 91.3 cm³/mol. The van der Waals surface area contributed by atoms with Crippen LogP contribution in [-0.2, 0) is 16.3 Å². The fourth-order valence-electron chi connectivity index (χ4n) is 2.34. The third kappa shape index (κ3) is 4.20. The summed E-state index contributed by atoms with van der Waals surface area (Å²) in [5.74, 6) is -1.46. The van der Waals surface area contributed by atoms with Gasteiger partial charge in [-0.25, -0.2) is 12.8 Å². The molecule has 0 saturated heterocycles. The molecule has 0 saturated carbocycles. The third-order valence-corrected chi connectivity index (χ3v) is 5.60. The van der Waals surface area contributed by atoms with Gasteiger partial charge in [-0.15, -0.1) is 0 Å². The number of aryl methyl sites for hydroxylation is 1. The fourth-order valence-corrected chi connectivity index (χ4v) is 3.24. The van der Waals surface area contributed by atoms with Gasteiger partial charge in [0, 0.05) is 6.54 Å². The van der Waals surface area contributed by atoms with Crippen molar-refractivity contribution in [2.24, 2.45) is 0 Å². The van der Waals surface area contributed by atoms with Gasteiger partial charge in [0.1, 0.15) is 5.82 Å². The van der Waals surface area contributed by atoms with E-state index in [2.05, 4.69) is 5.32 Å². The zero-order chi connectivity index (χ0) is 17.7. The summed E-state index contributed by atoms with van der Waals surface area (Å²) < 4.78 is 37.6. The molecule has 1 N–H and O–H groups in total. The second kappa shape index (κ2) is 7.57. The van der Waals surface area contributed by atoms with Gasteiger partial charge in [-0.2, -0.15) is 0 Å². The monoisotopic (exact) mass is 349 g/mol. The first-order valence-electron chi connectivity index (χ1n) is 7.70. The summed E-state index contributed by atoms with van der Waals surface area (Å²) >= 11 is 0. The number of halogens is 1. The van der Waals surface area contributed by atoms with E-state index >= 15 is 0 Å². The molecule has 0 atom stereocenters. The van der Waals surface area contributed by atoms with Gasteiger partial charge in [0.25, 0.3) is 5.91 Å². The summed E-state index contributed by atoms with van der Waals surface area (Å²) in [7, 11) is -3.49. The van der Waals surface area contributed by atoms with Gasteiger partial charge in [0.2, 0.25) is 0 Å². The minimum absolute atomic E-state index is 0.0459. The predicted octanol–water partition coefficient (Wildman–Crippen LogP) is 2.90. The van der Waals surface area contributed by atoms with Gasteiger partial charge in [-0.05, 0) is 42.7 Å². The van der Waals surface area contributed by atoms with Crippen LogP contribution in [0.15, 0.2) is 47.4 Å². The number of benzene rings is 2. The fraction of sp³-hybridized carbons (Fsp3) is 0.278. The number of sulfone groups is 1. The van der Waals surface area contributed by atoms with Crippen LogP contribution >= 0.6 is 0 Å². The molecule has 0 fully saturated rings. The van der Waals surface area contributed by atoms with Crippen LogP contribution in [0, 0.1) is 12.7 Å². The van der Waals surface area contributed by atoms with Crippen LogP contribution in [0.5, 0.6) is 0 Å². The van der Waals surface area contributed by atoms with Crippen molar-refractivity contribution < 1.29 is 17.6 Å². The van der Waals surface area contributed by atoms with Crippen molar-refractivity contribution >= 4 is 15.7 Å². The molecule has 2 aromatic carbocycles. The normalized spacial score (nSPS) is 11.3. The summed E-state index contributed by atoms with van der Waals surface area (Å²) in [6, 6.07) is 11.1. The lowest BCUT2D eigenvalue weighted by Crippen LogP contribution is -2.27. The Morgan fingerprint density at radius 2 is 1.88 bits per heavy atom. The Balaban J connectivity index is 2.10. The molecule has 6 heteroatoms. The lowest BCUT2D eigenvalue weighted by Gasteiger charge is -2.09. The number of hydrogen-bond donors (Lipinski definition) is 1. The Labute approximate surface area is 141 Å². The van der Waals surface area contributed by atoms with Crippen molar-refractivity contribution in [2.45, 2.75) is 25.2 Å². The quantitative estimate of drug-likeness (QED) is 0.816. The second-order valence-corrected chi connectivity index (χ2v) is 7.76. The molecule has 0 aromatic heterocycles. The molecule has 0 aliphatic rings. The van der Waals surface area contributed by atoms with Crippen LogP contribution < -0.4 is 5.32 Å². The standard InChI is InChI=1S/C18H20FNO3S/c1-3-24(22,23)15-8-9-17(19)16(12-15)18(21)20-11-10-14-7-5-4-6-13(14)2/h4-9,12H,3,10-11H2,1-2H3,(H,20,21). The number of amides is 1. The highest BCUT2D eigenvalue weighted by molar-refractivity contribution is 7.91. The van der Waals surface area contributed by atoms with Gasteiger partial charge in [0.15, 0.2) is 9.84 Å². The molecular formula is C18H20FNO3S. The molecule has 24 heavy (non-hydrogen) atoms. The van der Waals surface area contributed by atoms with Crippen molar-refractivity contribution in [2.75, 3.05) is 12.3 Å². The Kier molecular flexibility index (Phi) is 5.72. The van der Waals surface area contributed by atoms with Crippen LogP contribution in [0.3, 0.4) is 0 Å². The molecule has 0 aliphatic carbocycles. The summed E-state index contributed by atoms with van der Waals surface area (Å²) in [6.07, 6.45) is 0.618. The Bertz CT molecular complexity index is 847. The van der Waals surface area contributed by atoms with Crippen molar-refractivity contribution in [3.8, 4) is 0 Å². The van der Waals surface area contributed by atoms with Crippen LogP contribution in [0.2, 0.25) is 0 Å². The van der Waals surface area contributed by atoms with Crippen molar-refractivity contribution in [1.82, 2.24) is 5.32 Å². The van der Waals surface area contributed by atoms with Crippen LogP contribution in [-0.4, -0.2) is 26.6 Å². The molecule has 1 amide bonds. The lowest BCUT2D eigenvalue weighted by atomic mass is 10.1. The first kappa shape index (κ1) is 18.1. The van der Waals surface area contributed by atoms with Gasteiger partial charge in [-0.1, -0.05) is 31.2 Å². The van der Waals surface area contributed by atoms with Crippen LogP contribution in [0.4, 0.5) is 4.39 Å². The van der Waals surface area contributed by atoms with Crippen molar-refractivity contribution in [3.63, 3.8) is 0 Å². The minimum atomic E-state index is -3.49. The van der Waals surface area contributed by atoms with E-state index in [1.54, 1.807) is 0 Å². The summed E-state index contributed by atoms with van der Waals surface area (Å²) in [5, 5.41) is 2.64. The molecule has 4 nitrogen and oxygen atoms in total. The molecule has 2 aromatic rings. The summed E-state index contributed by atoms with van der Waals surface area (Å²) in [6.45, 7) is 3.82. The first-order chi connectivity index (χ1) is 11.3. The second-order valence-electron chi connectivity index (χ2n) is 5.48. The molecule has 128 valence electrons. The average Bonchev–Trinajstić information content (AvgIpc) is 2.56. The van der Waals surface area contributed by atoms with E-state index in [1.807, 2.05) is 31.2 Å². The van der Waals surface area contributed by atoms with Gasteiger partial charge >= 0.3 is 0 Å². The van der Waals surface area contributed by atoms with E-state index in [9.17, 15) is 17.6 Å². The first-order valence-corrected chi connectivity index (χ1v) is 9.35. The highest BCUT2D eigenvalue weighted by atomic mass is 32.2. The Morgan fingerprint density at radius 3 is 2.54 bits per heavy atom. The molecule has 0 aliphatic heterocycles. The smallest absolute Gasteiger partial charge is 0.254 e. The molecule has 0 unspecified atom stereocenters. The van der Waals surface area contributed by atoms with Crippen molar-refractivity contribution in [1.29, 1.82) is 0 Å². The molecule has 2 rings (SSSR count).